The molecule has 0 bridgehead atoms. The van der Waals surface area contributed by atoms with Crippen LogP contribution in [0, 0.1) is 5.41 Å². The van der Waals surface area contributed by atoms with Gasteiger partial charge in [-0.1, -0.05) is 32.4 Å². The second-order valence-corrected chi connectivity index (χ2v) is 7.45. The highest BCUT2D eigenvalue weighted by atomic mass is 35.5. The fraction of sp³-hybridized carbons (Fsp3) is 0.471. The number of carbonyl (C=O) groups is 1. The SMILES string of the molecule is CC(C)(C)[C@H](F)CNC(=O)c1cnc(Cl)cc1Nc1cnn(CC(F)F)c1. The molecule has 0 spiro atoms. The van der Waals surface area contributed by atoms with E-state index in [2.05, 4.69) is 20.7 Å². The number of nitrogens with zero attached hydrogens (tertiary/aromatic N) is 3. The van der Waals surface area contributed by atoms with Crippen molar-refractivity contribution in [3.63, 3.8) is 0 Å². The number of nitrogens with one attached hydrogen (secondary N) is 2. The highest BCUT2D eigenvalue weighted by molar-refractivity contribution is 6.29. The van der Waals surface area contributed by atoms with E-state index in [1.54, 1.807) is 20.8 Å². The average molecular weight is 404 g/mol. The van der Waals surface area contributed by atoms with Gasteiger partial charge in [-0.25, -0.2) is 18.2 Å². The molecular weight excluding hydrogens is 383 g/mol. The lowest BCUT2D eigenvalue weighted by Gasteiger charge is -2.23. The summed E-state index contributed by atoms with van der Waals surface area (Å²) in [6.07, 6.45) is 0.208. The van der Waals surface area contributed by atoms with Crippen molar-refractivity contribution in [2.75, 3.05) is 11.9 Å². The van der Waals surface area contributed by atoms with Gasteiger partial charge in [-0.05, 0) is 11.5 Å². The molecule has 0 aromatic carbocycles. The normalized spacial score (nSPS) is 12.9. The molecule has 6 nitrogen and oxygen atoms in total. The van der Waals surface area contributed by atoms with Crippen LogP contribution >= 0.6 is 11.6 Å². The molecule has 0 fully saturated rings. The lowest BCUT2D eigenvalue weighted by molar-refractivity contribution is 0.0912. The van der Waals surface area contributed by atoms with E-state index in [0.717, 1.165) is 4.68 Å². The first-order chi connectivity index (χ1) is 12.6. The third kappa shape index (κ3) is 6.13. The molecule has 2 N–H and O–H groups in total. The van der Waals surface area contributed by atoms with E-state index in [4.69, 9.17) is 11.6 Å². The molecule has 0 saturated heterocycles. The van der Waals surface area contributed by atoms with Crippen molar-refractivity contribution < 1.29 is 18.0 Å². The first kappa shape index (κ1) is 21.0. The first-order valence-electron chi connectivity index (χ1n) is 8.21. The lowest BCUT2D eigenvalue weighted by atomic mass is 9.90. The molecule has 1 atom stereocenters. The summed E-state index contributed by atoms with van der Waals surface area (Å²) in [5.74, 6) is -0.534. The third-order valence-electron chi connectivity index (χ3n) is 3.73. The van der Waals surface area contributed by atoms with E-state index >= 15 is 0 Å². The highest BCUT2D eigenvalue weighted by Crippen LogP contribution is 2.24. The summed E-state index contributed by atoms with van der Waals surface area (Å²) in [6, 6.07) is 1.41. The monoisotopic (exact) mass is 403 g/mol. The zero-order valence-corrected chi connectivity index (χ0v) is 15.9. The van der Waals surface area contributed by atoms with Gasteiger partial charge in [-0.2, -0.15) is 5.10 Å². The van der Waals surface area contributed by atoms with Gasteiger partial charge in [0.15, 0.2) is 0 Å². The molecule has 27 heavy (non-hydrogen) atoms. The number of aromatic nitrogens is 3. The molecular formula is C17H21ClF3N5O. The second kappa shape index (κ2) is 8.60. The number of alkyl halides is 3. The summed E-state index contributed by atoms with van der Waals surface area (Å²) in [4.78, 5) is 16.3. The molecule has 148 valence electrons. The second-order valence-electron chi connectivity index (χ2n) is 7.06. The standard InChI is InChI=1S/C17H21ClF3N5O/c1-17(2,3)13(19)7-23-16(27)11-6-22-14(18)4-12(11)25-10-5-24-26(8-10)9-15(20)21/h4-6,8,13,15H,7,9H2,1-3H3,(H,22,25)(H,23,27)/t13-/m1/s1. The molecule has 1 amide bonds. The van der Waals surface area contributed by atoms with Gasteiger partial charge in [0.25, 0.3) is 12.3 Å². The van der Waals surface area contributed by atoms with Crippen molar-refractivity contribution in [1.29, 1.82) is 0 Å². The van der Waals surface area contributed by atoms with Crippen molar-refractivity contribution in [2.24, 2.45) is 5.41 Å². The third-order valence-corrected chi connectivity index (χ3v) is 3.94. The number of rotatable bonds is 7. The minimum atomic E-state index is -2.54. The van der Waals surface area contributed by atoms with Crippen LogP contribution in [-0.4, -0.2) is 39.8 Å². The lowest BCUT2D eigenvalue weighted by Crippen LogP contribution is -2.36. The predicted molar refractivity (Wildman–Crippen MR) is 97.4 cm³/mol. The van der Waals surface area contributed by atoms with Gasteiger partial charge in [0.1, 0.15) is 17.9 Å². The number of carbonyl (C=O) groups excluding carboxylic acids is 1. The van der Waals surface area contributed by atoms with Gasteiger partial charge < -0.3 is 10.6 Å². The predicted octanol–water partition coefficient (Wildman–Crippen LogP) is 4.05. The Balaban J connectivity index is 2.14. The number of hydrogen-bond acceptors (Lipinski definition) is 4. The van der Waals surface area contributed by atoms with Gasteiger partial charge in [0, 0.05) is 18.9 Å². The van der Waals surface area contributed by atoms with Gasteiger partial charge >= 0.3 is 0 Å². The number of hydrogen-bond donors (Lipinski definition) is 2. The van der Waals surface area contributed by atoms with E-state index in [0.29, 0.717) is 11.4 Å². The Hall–Kier alpha value is -2.29. The van der Waals surface area contributed by atoms with Crippen LogP contribution in [0.4, 0.5) is 24.5 Å². The first-order valence-corrected chi connectivity index (χ1v) is 8.59. The number of halogens is 4. The summed E-state index contributed by atoms with van der Waals surface area (Å²) in [5, 5.41) is 9.37. The molecule has 2 aromatic rings. The van der Waals surface area contributed by atoms with Crippen molar-refractivity contribution in [2.45, 2.75) is 39.9 Å². The number of amides is 1. The maximum atomic E-state index is 14.1. The van der Waals surface area contributed by atoms with Crippen molar-refractivity contribution in [3.8, 4) is 0 Å². The van der Waals surface area contributed by atoms with Crippen molar-refractivity contribution >= 4 is 28.9 Å². The van der Waals surface area contributed by atoms with Gasteiger partial charge in [-0.3, -0.25) is 9.48 Å². The largest absolute Gasteiger partial charge is 0.352 e. The summed E-state index contributed by atoms with van der Waals surface area (Å²) >= 11 is 5.89. The maximum absolute atomic E-state index is 14.1. The summed E-state index contributed by atoms with van der Waals surface area (Å²) in [7, 11) is 0. The van der Waals surface area contributed by atoms with Crippen LogP contribution in [0.2, 0.25) is 5.15 Å². The molecule has 0 saturated carbocycles. The van der Waals surface area contributed by atoms with E-state index in [-0.39, 0.29) is 17.3 Å². The Bertz CT molecular complexity index is 791. The fourth-order valence-corrected chi connectivity index (χ4v) is 2.28. The average Bonchev–Trinajstić information content (AvgIpc) is 2.97. The highest BCUT2D eigenvalue weighted by Gasteiger charge is 2.25. The molecule has 0 aliphatic carbocycles. The van der Waals surface area contributed by atoms with Crippen molar-refractivity contribution in [3.05, 3.63) is 35.4 Å². The molecule has 2 aromatic heterocycles. The summed E-state index contributed by atoms with van der Waals surface area (Å²) < 4.78 is 40.0. The quantitative estimate of drug-likeness (QED) is 0.684. The van der Waals surface area contributed by atoms with E-state index in [9.17, 15) is 18.0 Å². The zero-order valence-electron chi connectivity index (χ0n) is 15.1. The minimum Gasteiger partial charge on any atom is -0.352 e. The van der Waals surface area contributed by atoms with Crippen LogP contribution in [-0.2, 0) is 6.54 Å². The van der Waals surface area contributed by atoms with E-state index in [1.807, 2.05) is 0 Å². The fourth-order valence-electron chi connectivity index (χ4n) is 2.12. The minimum absolute atomic E-state index is 0.132. The Kier molecular flexibility index (Phi) is 6.69. The van der Waals surface area contributed by atoms with Gasteiger partial charge in [0.05, 0.1) is 23.1 Å². The van der Waals surface area contributed by atoms with Crippen LogP contribution in [0.5, 0.6) is 0 Å². The Morgan fingerprint density at radius 1 is 1.30 bits per heavy atom. The Morgan fingerprint density at radius 2 is 2.00 bits per heavy atom. The molecule has 0 unspecified atom stereocenters. The van der Waals surface area contributed by atoms with Crippen LogP contribution < -0.4 is 10.6 Å². The van der Waals surface area contributed by atoms with Crippen LogP contribution in [0.15, 0.2) is 24.7 Å². The molecule has 10 heteroatoms. The summed E-state index contributed by atoms with van der Waals surface area (Å²) in [5.41, 5.74) is 0.230. The number of anilines is 2. The molecule has 0 radical (unpaired) electrons. The topological polar surface area (TPSA) is 71.8 Å². The Morgan fingerprint density at radius 3 is 2.63 bits per heavy atom. The molecule has 0 aliphatic rings. The number of pyridine rings is 1. The van der Waals surface area contributed by atoms with Crippen LogP contribution in [0.25, 0.3) is 0 Å². The van der Waals surface area contributed by atoms with E-state index in [1.165, 1.54) is 24.7 Å². The van der Waals surface area contributed by atoms with Gasteiger partial charge in [-0.15, -0.1) is 0 Å². The zero-order chi connectivity index (χ0) is 20.2. The van der Waals surface area contributed by atoms with Crippen LogP contribution in [0.3, 0.4) is 0 Å². The molecule has 2 rings (SSSR count). The van der Waals surface area contributed by atoms with E-state index < -0.39 is 30.5 Å². The smallest absolute Gasteiger partial charge is 0.257 e. The maximum Gasteiger partial charge on any atom is 0.257 e. The molecule has 2 heterocycles. The van der Waals surface area contributed by atoms with Crippen molar-refractivity contribution in [1.82, 2.24) is 20.1 Å². The summed E-state index contributed by atoms with van der Waals surface area (Å²) in [6.45, 7) is 4.50. The van der Waals surface area contributed by atoms with Crippen LogP contribution in [0.1, 0.15) is 31.1 Å². The Labute approximate surface area is 160 Å². The molecule has 0 aliphatic heterocycles. The van der Waals surface area contributed by atoms with Gasteiger partial charge in [0.2, 0.25) is 0 Å².